The van der Waals surface area contributed by atoms with E-state index in [2.05, 4.69) is 16.4 Å². The second kappa shape index (κ2) is 5.44. The normalized spacial score (nSPS) is 31.6. The molecule has 1 rings (SSSR count). The zero-order valence-corrected chi connectivity index (χ0v) is 10.9. The number of nitrogens with two attached hydrogens (primary N) is 1. The lowest BCUT2D eigenvalue weighted by atomic mass is 9.74. The fraction of sp³-hybridized carbons (Fsp3) is 1.00. The Hall–Kier alpha value is -0.170. The molecule has 2 unspecified atom stereocenters. The van der Waals surface area contributed by atoms with Gasteiger partial charge in [-0.1, -0.05) is 26.7 Å². The zero-order chi connectivity index (χ0) is 12.2. The van der Waals surface area contributed by atoms with Gasteiger partial charge in [-0.05, 0) is 18.8 Å². The van der Waals surface area contributed by atoms with Crippen LogP contribution in [-0.4, -0.2) is 27.0 Å². The van der Waals surface area contributed by atoms with Gasteiger partial charge in [0.05, 0.1) is 0 Å². The van der Waals surface area contributed by atoms with E-state index in [9.17, 15) is 8.42 Å². The molecule has 1 aliphatic rings. The van der Waals surface area contributed by atoms with E-state index in [-0.39, 0.29) is 0 Å². The Bertz CT molecular complexity index is 318. The molecule has 0 aromatic heterocycles. The average Bonchev–Trinajstić information content (AvgIpc) is 2.21. The lowest BCUT2D eigenvalue weighted by Crippen LogP contribution is -2.61. The summed E-state index contributed by atoms with van der Waals surface area (Å²) >= 11 is 0. The Morgan fingerprint density at radius 3 is 2.62 bits per heavy atom. The molecule has 0 aromatic rings. The van der Waals surface area contributed by atoms with Crippen molar-refractivity contribution in [1.82, 2.24) is 9.44 Å². The van der Waals surface area contributed by atoms with Gasteiger partial charge in [-0.2, -0.15) is 13.1 Å². The van der Waals surface area contributed by atoms with Gasteiger partial charge < -0.3 is 5.73 Å². The largest absolute Gasteiger partial charge is 0.329 e. The van der Waals surface area contributed by atoms with E-state index in [0.29, 0.717) is 19.0 Å². The molecule has 0 radical (unpaired) electrons. The Balaban J connectivity index is 2.80. The number of rotatable bonds is 5. The monoisotopic (exact) mass is 249 g/mol. The predicted molar refractivity (Wildman–Crippen MR) is 65.1 cm³/mol. The van der Waals surface area contributed by atoms with E-state index in [1.807, 2.05) is 0 Å². The standard InChI is InChI=1S/C10H23N3O2S/c1-3-12-16(14,15)13-10(8-11)7-5-4-6-9(10)2/h9,12-13H,3-8,11H2,1-2H3. The van der Waals surface area contributed by atoms with Crippen LogP contribution in [0.3, 0.4) is 0 Å². The summed E-state index contributed by atoms with van der Waals surface area (Å²) in [5.74, 6) is 0.291. The quantitative estimate of drug-likeness (QED) is 0.657. The number of hydrogen-bond donors (Lipinski definition) is 3. The Morgan fingerprint density at radius 2 is 2.12 bits per heavy atom. The highest BCUT2D eigenvalue weighted by Gasteiger charge is 2.39. The van der Waals surface area contributed by atoms with E-state index in [1.165, 1.54) is 0 Å². The first-order chi connectivity index (χ1) is 7.46. The van der Waals surface area contributed by atoms with Crippen molar-refractivity contribution in [2.75, 3.05) is 13.1 Å². The summed E-state index contributed by atoms with van der Waals surface area (Å²) in [5, 5.41) is 0. The Labute approximate surface area is 98.4 Å². The third-order valence-corrected chi connectivity index (χ3v) is 4.83. The topological polar surface area (TPSA) is 84.2 Å². The summed E-state index contributed by atoms with van der Waals surface area (Å²) in [6.45, 7) is 4.59. The first-order valence-electron chi connectivity index (χ1n) is 5.94. The Morgan fingerprint density at radius 1 is 1.44 bits per heavy atom. The minimum atomic E-state index is -3.41. The lowest BCUT2D eigenvalue weighted by Gasteiger charge is -2.42. The molecule has 0 amide bonds. The van der Waals surface area contributed by atoms with Crippen molar-refractivity contribution >= 4 is 10.2 Å². The highest BCUT2D eigenvalue weighted by molar-refractivity contribution is 7.87. The Kier molecular flexibility index (Phi) is 4.73. The molecule has 6 heteroatoms. The lowest BCUT2D eigenvalue weighted by molar-refractivity contribution is 0.190. The van der Waals surface area contributed by atoms with E-state index in [4.69, 9.17) is 5.73 Å². The van der Waals surface area contributed by atoms with Crippen molar-refractivity contribution in [3.8, 4) is 0 Å². The van der Waals surface area contributed by atoms with Gasteiger partial charge in [0.25, 0.3) is 10.2 Å². The van der Waals surface area contributed by atoms with Gasteiger partial charge in [0.1, 0.15) is 0 Å². The van der Waals surface area contributed by atoms with Crippen molar-refractivity contribution in [2.24, 2.45) is 11.7 Å². The number of nitrogens with one attached hydrogen (secondary N) is 2. The maximum atomic E-state index is 11.7. The van der Waals surface area contributed by atoms with Crippen LogP contribution >= 0.6 is 0 Å². The molecule has 16 heavy (non-hydrogen) atoms. The van der Waals surface area contributed by atoms with Gasteiger partial charge in [-0.3, -0.25) is 0 Å². The van der Waals surface area contributed by atoms with Gasteiger partial charge in [-0.25, -0.2) is 4.72 Å². The molecule has 1 saturated carbocycles. The van der Waals surface area contributed by atoms with Crippen LogP contribution in [0.4, 0.5) is 0 Å². The minimum Gasteiger partial charge on any atom is -0.329 e. The maximum absolute atomic E-state index is 11.7. The minimum absolute atomic E-state index is 0.291. The van der Waals surface area contributed by atoms with Crippen molar-refractivity contribution in [1.29, 1.82) is 0 Å². The third-order valence-electron chi connectivity index (χ3n) is 3.49. The third kappa shape index (κ3) is 3.16. The highest BCUT2D eigenvalue weighted by Crippen LogP contribution is 2.33. The second-order valence-electron chi connectivity index (χ2n) is 4.61. The summed E-state index contributed by atoms with van der Waals surface area (Å²) in [6.07, 6.45) is 4.06. The van der Waals surface area contributed by atoms with E-state index >= 15 is 0 Å². The van der Waals surface area contributed by atoms with E-state index < -0.39 is 15.7 Å². The smallest absolute Gasteiger partial charge is 0.277 e. The van der Waals surface area contributed by atoms with Crippen molar-refractivity contribution in [2.45, 2.75) is 45.1 Å². The predicted octanol–water partition coefficient (Wildman–Crippen LogP) is 0.338. The molecule has 0 spiro atoms. The maximum Gasteiger partial charge on any atom is 0.277 e. The van der Waals surface area contributed by atoms with Gasteiger partial charge in [-0.15, -0.1) is 0 Å². The van der Waals surface area contributed by atoms with E-state index in [0.717, 1.165) is 25.7 Å². The average molecular weight is 249 g/mol. The number of hydrogen-bond acceptors (Lipinski definition) is 3. The van der Waals surface area contributed by atoms with Crippen LogP contribution in [0.15, 0.2) is 0 Å². The second-order valence-corrected chi connectivity index (χ2v) is 6.11. The molecule has 0 aliphatic heterocycles. The van der Waals surface area contributed by atoms with Crippen LogP contribution < -0.4 is 15.2 Å². The molecule has 4 N–H and O–H groups in total. The SMILES string of the molecule is CCNS(=O)(=O)NC1(CN)CCCCC1C. The van der Waals surface area contributed by atoms with Gasteiger partial charge in [0.15, 0.2) is 0 Å². The molecule has 2 atom stereocenters. The summed E-state index contributed by atoms with van der Waals surface area (Å²) in [6, 6.07) is 0. The van der Waals surface area contributed by atoms with Crippen LogP contribution in [0.2, 0.25) is 0 Å². The summed E-state index contributed by atoms with van der Waals surface area (Å²) in [4.78, 5) is 0. The fourth-order valence-electron chi connectivity index (χ4n) is 2.40. The molecule has 96 valence electrons. The summed E-state index contributed by atoms with van der Waals surface area (Å²) in [7, 11) is -3.41. The van der Waals surface area contributed by atoms with Crippen LogP contribution in [0.25, 0.3) is 0 Å². The summed E-state index contributed by atoms with van der Waals surface area (Å²) < 4.78 is 28.7. The molecule has 0 aromatic carbocycles. The molecule has 0 heterocycles. The molecule has 5 nitrogen and oxygen atoms in total. The van der Waals surface area contributed by atoms with Crippen molar-refractivity contribution in [3.63, 3.8) is 0 Å². The molecular weight excluding hydrogens is 226 g/mol. The van der Waals surface area contributed by atoms with Gasteiger partial charge in [0.2, 0.25) is 0 Å². The van der Waals surface area contributed by atoms with Crippen LogP contribution in [-0.2, 0) is 10.2 Å². The molecular formula is C10H23N3O2S. The molecule has 1 fully saturated rings. The van der Waals surface area contributed by atoms with Gasteiger partial charge >= 0.3 is 0 Å². The zero-order valence-electron chi connectivity index (χ0n) is 10.1. The first kappa shape index (κ1) is 13.9. The molecule has 0 bridgehead atoms. The van der Waals surface area contributed by atoms with E-state index in [1.54, 1.807) is 6.92 Å². The van der Waals surface area contributed by atoms with Crippen LogP contribution in [0.5, 0.6) is 0 Å². The fourth-order valence-corrected chi connectivity index (χ4v) is 3.78. The first-order valence-corrected chi connectivity index (χ1v) is 7.43. The van der Waals surface area contributed by atoms with Crippen molar-refractivity contribution < 1.29 is 8.42 Å². The van der Waals surface area contributed by atoms with Crippen molar-refractivity contribution in [3.05, 3.63) is 0 Å². The molecule has 0 saturated heterocycles. The van der Waals surface area contributed by atoms with Crippen LogP contribution in [0.1, 0.15) is 39.5 Å². The summed E-state index contributed by atoms with van der Waals surface area (Å²) in [5.41, 5.74) is 5.32. The molecule has 1 aliphatic carbocycles. The highest BCUT2D eigenvalue weighted by atomic mass is 32.2. The van der Waals surface area contributed by atoms with Crippen LogP contribution in [0, 0.1) is 5.92 Å². The van der Waals surface area contributed by atoms with Gasteiger partial charge in [0, 0.05) is 18.6 Å².